The molecule has 0 bridgehead atoms. The first-order chi connectivity index (χ1) is 17.3. The number of hydrogen-bond acceptors (Lipinski definition) is 7. The number of anilines is 1. The lowest BCUT2D eigenvalue weighted by molar-refractivity contribution is -0.126. The molecular weight excluding hydrogens is 485 g/mol. The number of nitriles is 1. The smallest absolute Gasteiger partial charge is 0.246 e. The molecule has 0 radical (unpaired) electrons. The molecule has 4 aromatic rings. The predicted molar refractivity (Wildman–Crippen MR) is 131 cm³/mol. The van der Waals surface area contributed by atoms with E-state index in [4.69, 9.17) is 17.3 Å². The van der Waals surface area contributed by atoms with Crippen molar-refractivity contribution in [1.82, 2.24) is 34.2 Å². The number of aromatic nitrogens is 6. The number of nitrogens with two attached hydrogens (primary N) is 1. The number of nitrogens with zero attached hydrogens (tertiary/aromatic N) is 8. The van der Waals surface area contributed by atoms with E-state index in [1.165, 1.54) is 18.7 Å². The number of rotatable bonds is 3. The quantitative estimate of drug-likeness (QED) is 0.336. The lowest BCUT2D eigenvalue weighted by Crippen LogP contribution is -2.34. The van der Waals surface area contributed by atoms with Gasteiger partial charge in [0.25, 0.3) is 0 Å². The Morgan fingerprint density at radius 2 is 2.19 bits per heavy atom. The molecule has 0 spiro atoms. The minimum absolute atomic E-state index is 0.125. The number of benzene rings is 1. The summed E-state index contributed by atoms with van der Waals surface area (Å²) in [6.07, 6.45) is 4.72. The number of imidazole rings is 1. The summed E-state index contributed by atoms with van der Waals surface area (Å²) in [6.45, 7) is 3.87. The van der Waals surface area contributed by atoms with Crippen molar-refractivity contribution < 1.29 is 9.18 Å². The van der Waals surface area contributed by atoms with E-state index in [1.807, 2.05) is 0 Å². The predicted octanol–water partition coefficient (Wildman–Crippen LogP) is 2.73. The van der Waals surface area contributed by atoms with Gasteiger partial charge < -0.3 is 15.2 Å². The number of amides is 1. The lowest BCUT2D eigenvalue weighted by atomic mass is 10.1. The molecule has 10 nitrogen and oxygen atoms in total. The van der Waals surface area contributed by atoms with E-state index in [9.17, 15) is 14.4 Å². The number of carbonyl (C=O) groups is 1. The molecule has 5 rings (SSSR count). The highest BCUT2D eigenvalue weighted by molar-refractivity contribution is 6.32. The maximum Gasteiger partial charge on any atom is 0.246 e. The zero-order chi connectivity index (χ0) is 25.6. The van der Waals surface area contributed by atoms with Crippen molar-refractivity contribution in [3.63, 3.8) is 0 Å². The molecule has 12 heteroatoms. The van der Waals surface area contributed by atoms with Crippen LogP contribution in [0.25, 0.3) is 22.1 Å². The van der Waals surface area contributed by atoms with E-state index < -0.39 is 5.82 Å². The third-order valence-electron chi connectivity index (χ3n) is 6.24. The zero-order valence-corrected chi connectivity index (χ0v) is 19.9. The number of hydrogen-bond donors (Lipinski definition) is 1. The second kappa shape index (κ2) is 8.95. The first kappa shape index (κ1) is 23.3. The van der Waals surface area contributed by atoms with Crippen molar-refractivity contribution >= 4 is 45.4 Å². The van der Waals surface area contributed by atoms with Gasteiger partial charge in [0.05, 0.1) is 40.8 Å². The fourth-order valence-corrected chi connectivity index (χ4v) is 4.75. The number of likely N-dealkylation sites (tertiary alicyclic amines) is 1. The van der Waals surface area contributed by atoms with Gasteiger partial charge in [0.15, 0.2) is 11.5 Å². The second-order valence-corrected chi connectivity index (χ2v) is 8.75. The van der Waals surface area contributed by atoms with Crippen LogP contribution in [0.1, 0.15) is 30.1 Å². The minimum Gasteiger partial charge on any atom is -0.383 e. The number of halogens is 2. The van der Waals surface area contributed by atoms with Crippen molar-refractivity contribution in [2.45, 2.75) is 24.9 Å². The van der Waals surface area contributed by atoms with Gasteiger partial charge in [-0.25, -0.2) is 24.0 Å². The molecule has 180 valence electrons. The second-order valence-electron chi connectivity index (χ2n) is 8.38. The Morgan fingerprint density at radius 1 is 1.39 bits per heavy atom. The standard InChI is InChI=1S/C24H19ClFN9O/c1-3-18(36)34-10-15(9-14(34)6-7-27)35-24-19(23(28)29-11-30-24)16(32-35)5-4-13-8-17-22(21(26)20(13)25)33(2)12-31-17/h3,8,11-12,14-15H,1,6,9-10H2,2H3,(H2,28,29,30)/t14-,15?/m0/s1. The van der Waals surface area contributed by atoms with Gasteiger partial charge in [-0.3, -0.25) is 4.79 Å². The summed E-state index contributed by atoms with van der Waals surface area (Å²) in [4.78, 5) is 26.6. The summed E-state index contributed by atoms with van der Waals surface area (Å²) in [5.41, 5.74) is 7.82. The maximum absolute atomic E-state index is 14.9. The van der Waals surface area contributed by atoms with Gasteiger partial charge in [0.1, 0.15) is 23.4 Å². The van der Waals surface area contributed by atoms with Crippen molar-refractivity contribution in [2.24, 2.45) is 7.05 Å². The summed E-state index contributed by atoms with van der Waals surface area (Å²) in [6, 6.07) is 3.18. The van der Waals surface area contributed by atoms with Gasteiger partial charge in [-0.1, -0.05) is 24.1 Å². The summed E-state index contributed by atoms with van der Waals surface area (Å²) in [7, 11) is 1.68. The number of nitrogen functional groups attached to an aromatic ring is 1. The molecule has 3 aromatic heterocycles. The van der Waals surface area contributed by atoms with Crippen LogP contribution in [0.3, 0.4) is 0 Å². The van der Waals surface area contributed by atoms with Crippen molar-refractivity contribution in [3.05, 3.63) is 53.5 Å². The third kappa shape index (κ3) is 3.70. The zero-order valence-electron chi connectivity index (χ0n) is 19.1. The van der Waals surface area contributed by atoms with Crippen LogP contribution in [0.15, 0.2) is 31.4 Å². The Balaban J connectivity index is 1.60. The van der Waals surface area contributed by atoms with Crippen LogP contribution in [0.2, 0.25) is 5.02 Å². The fraction of sp³-hybridized carbons (Fsp3) is 0.250. The SMILES string of the molecule is C=CC(=O)N1CC(n2nc(C#Cc3cc4ncn(C)c4c(F)c3Cl)c3c(N)ncnc32)C[C@@H]1CC#N. The van der Waals surface area contributed by atoms with Gasteiger partial charge in [-0.2, -0.15) is 10.4 Å². The number of fused-ring (bicyclic) bond motifs is 2. The summed E-state index contributed by atoms with van der Waals surface area (Å²) in [5.74, 6) is 5.12. The molecule has 1 aliphatic rings. The highest BCUT2D eigenvalue weighted by Gasteiger charge is 2.36. The molecule has 2 N–H and O–H groups in total. The maximum atomic E-state index is 14.9. The number of carbonyl (C=O) groups excluding carboxylic acids is 1. The van der Waals surface area contributed by atoms with Crippen LogP contribution in [0.4, 0.5) is 10.2 Å². The van der Waals surface area contributed by atoms with E-state index >= 15 is 0 Å². The van der Waals surface area contributed by atoms with Crippen LogP contribution in [-0.4, -0.2) is 52.7 Å². The molecule has 1 saturated heterocycles. The van der Waals surface area contributed by atoms with Gasteiger partial charge >= 0.3 is 0 Å². The average Bonchev–Trinajstić information content (AvgIpc) is 3.56. The Bertz CT molecular complexity index is 1660. The van der Waals surface area contributed by atoms with Crippen molar-refractivity contribution in [2.75, 3.05) is 12.3 Å². The first-order valence-electron chi connectivity index (χ1n) is 10.9. The van der Waals surface area contributed by atoms with Crippen molar-refractivity contribution in [1.29, 1.82) is 5.26 Å². The molecule has 0 aliphatic carbocycles. The van der Waals surface area contributed by atoms with Gasteiger partial charge in [0.2, 0.25) is 5.91 Å². The van der Waals surface area contributed by atoms with Crippen molar-refractivity contribution in [3.8, 4) is 17.9 Å². The Labute approximate surface area is 209 Å². The lowest BCUT2D eigenvalue weighted by Gasteiger charge is -2.20. The summed E-state index contributed by atoms with van der Waals surface area (Å²) >= 11 is 6.27. The Morgan fingerprint density at radius 3 is 2.94 bits per heavy atom. The highest BCUT2D eigenvalue weighted by Crippen LogP contribution is 2.33. The molecule has 2 atom stereocenters. The molecular formula is C24H19ClFN9O. The normalized spacial score (nSPS) is 17.2. The molecule has 1 aliphatic heterocycles. The molecule has 1 amide bonds. The van der Waals surface area contributed by atoms with Crippen LogP contribution < -0.4 is 5.73 Å². The van der Waals surface area contributed by atoms with E-state index in [1.54, 1.807) is 27.3 Å². The molecule has 1 fully saturated rings. The summed E-state index contributed by atoms with van der Waals surface area (Å²) < 4.78 is 18.1. The number of aryl methyl sites for hydroxylation is 1. The first-order valence-corrected chi connectivity index (χ1v) is 11.3. The molecule has 36 heavy (non-hydrogen) atoms. The van der Waals surface area contributed by atoms with Gasteiger partial charge in [-0.05, 0) is 24.5 Å². The fourth-order valence-electron chi connectivity index (χ4n) is 4.55. The van der Waals surface area contributed by atoms with Crippen LogP contribution in [0, 0.1) is 29.0 Å². The van der Waals surface area contributed by atoms with E-state index in [0.29, 0.717) is 29.5 Å². The third-order valence-corrected chi connectivity index (χ3v) is 6.61. The largest absolute Gasteiger partial charge is 0.383 e. The molecule has 1 aromatic carbocycles. The van der Waals surface area contributed by atoms with Gasteiger partial charge in [-0.15, -0.1) is 0 Å². The molecule has 4 heterocycles. The molecule has 0 saturated carbocycles. The minimum atomic E-state index is -0.613. The van der Waals surface area contributed by atoms with E-state index in [-0.39, 0.29) is 52.0 Å². The monoisotopic (exact) mass is 503 g/mol. The topological polar surface area (TPSA) is 132 Å². The van der Waals surface area contributed by atoms with E-state index in [2.05, 4.69) is 44.5 Å². The highest BCUT2D eigenvalue weighted by atomic mass is 35.5. The summed E-state index contributed by atoms with van der Waals surface area (Å²) in [5, 5.41) is 14.2. The Hall–Kier alpha value is -4.48. The van der Waals surface area contributed by atoms with Gasteiger partial charge in [0, 0.05) is 25.2 Å². The Kier molecular flexibility index (Phi) is 5.78. The van der Waals surface area contributed by atoms with E-state index in [0.717, 1.165) is 0 Å². The van der Waals surface area contributed by atoms with Crippen LogP contribution >= 0.6 is 11.6 Å². The van der Waals surface area contributed by atoms with Crippen LogP contribution in [0.5, 0.6) is 0 Å². The molecule has 1 unspecified atom stereocenters. The average molecular weight is 504 g/mol. The van der Waals surface area contributed by atoms with Crippen LogP contribution in [-0.2, 0) is 11.8 Å².